The molecule has 0 N–H and O–H groups in total. The maximum Gasteiger partial charge on any atom is 0.306 e. The Bertz CT molecular complexity index is 275. The Balaban J connectivity index is 1.57. The predicted molar refractivity (Wildman–Crippen MR) is 82.5 cm³/mol. The molecular weight excluding hydrogens is 248 g/mol. The number of hydrogen-bond acceptors (Lipinski definition) is 2. The van der Waals surface area contributed by atoms with Gasteiger partial charge >= 0.3 is 5.97 Å². The van der Waals surface area contributed by atoms with Crippen LogP contribution in [-0.4, -0.2) is 12.6 Å². The molecule has 0 amide bonds. The van der Waals surface area contributed by atoms with Crippen LogP contribution in [0.1, 0.15) is 84.0 Å². The maximum atomic E-state index is 11.9. The number of carbonyl (C=O) groups is 1. The van der Waals surface area contributed by atoms with Crippen LogP contribution in [0.2, 0.25) is 0 Å². The molecule has 2 heteroatoms. The fourth-order valence-corrected chi connectivity index (χ4v) is 4.01. The molecule has 0 heterocycles. The van der Waals surface area contributed by atoms with Crippen molar-refractivity contribution in [2.24, 2.45) is 17.8 Å². The summed E-state index contributed by atoms with van der Waals surface area (Å²) in [6, 6.07) is 0. The smallest absolute Gasteiger partial charge is 0.306 e. The van der Waals surface area contributed by atoms with E-state index < -0.39 is 0 Å². The van der Waals surface area contributed by atoms with Crippen LogP contribution in [0.15, 0.2) is 0 Å². The lowest BCUT2D eigenvalue weighted by molar-refractivity contribution is -0.145. The molecule has 2 aliphatic carbocycles. The van der Waals surface area contributed by atoms with Gasteiger partial charge in [0.05, 0.1) is 6.61 Å². The fraction of sp³-hybridized carbons (Fsp3) is 0.944. The topological polar surface area (TPSA) is 26.3 Å². The van der Waals surface area contributed by atoms with Crippen molar-refractivity contribution in [3.8, 4) is 0 Å². The average Bonchev–Trinajstić information content (AvgIpc) is 2.49. The summed E-state index contributed by atoms with van der Waals surface area (Å²) in [5.41, 5.74) is 0. The third-order valence-electron chi connectivity index (χ3n) is 5.46. The van der Waals surface area contributed by atoms with Crippen molar-refractivity contribution >= 4 is 5.97 Å². The third-order valence-corrected chi connectivity index (χ3v) is 5.46. The van der Waals surface area contributed by atoms with Crippen molar-refractivity contribution in [3.63, 3.8) is 0 Å². The molecular formula is C18H32O2. The van der Waals surface area contributed by atoms with Crippen LogP contribution in [0.5, 0.6) is 0 Å². The molecule has 2 saturated carbocycles. The zero-order chi connectivity index (χ0) is 14.2. The SMILES string of the molecule is CC(CC(=O)OCCC1CCCCC1)C1CCCCC1. The van der Waals surface area contributed by atoms with E-state index in [9.17, 15) is 4.79 Å². The molecule has 2 fully saturated rings. The van der Waals surface area contributed by atoms with Crippen molar-refractivity contribution < 1.29 is 9.53 Å². The Morgan fingerprint density at radius 3 is 2.25 bits per heavy atom. The second kappa shape index (κ2) is 8.69. The minimum atomic E-state index is 0.0406. The summed E-state index contributed by atoms with van der Waals surface area (Å²) >= 11 is 0. The highest BCUT2D eigenvalue weighted by Crippen LogP contribution is 2.31. The van der Waals surface area contributed by atoms with E-state index in [-0.39, 0.29) is 5.97 Å². The highest BCUT2D eigenvalue weighted by Gasteiger charge is 2.23. The van der Waals surface area contributed by atoms with Gasteiger partial charge in [0.15, 0.2) is 0 Å². The van der Waals surface area contributed by atoms with Crippen LogP contribution in [0.3, 0.4) is 0 Å². The zero-order valence-corrected chi connectivity index (χ0v) is 13.2. The van der Waals surface area contributed by atoms with E-state index in [0.717, 1.165) is 18.3 Å². The molecule has 2 rings (SSSR count). The Morgan fingerprint density at radius 1 is 1.00 bits per heavy atom. The lowest BCUT2D eigenvalue weighted by atomic mass is 9.79. The maximum absolute atomic E-state index is 11.9. The van der Waals surface area contributed by atoms with Gasteiger partial charge in [-0.05, 0) is 24.2 Å². The van der Waals surface area contributed by atoms with Crippen molar-refractivity contribution in [1.82, 2.24) is 0 Å². The molecule has 1 atom stereocenters. The molecule has 20 heavy (non-hydrogen) atoms. The first-order chi connectivity index (χ1) is 9.75. The van der Waals surface area contributed by atoms with Crippen molar-refractivity contribution in [3.05, 3.63) is 0 Å². The van der Waals surface area contributed by atoms with E-state index in [2.05, 4.69) is 6.92 Å². The summed E-state index contributed by atoms with van der Waals surface area (Å²) in [5.74, 6) is 2.12. The normalized spacial score (nSPS) is 23.4. The van der Waals surface area contributed by atoms with Gasteiger partial charge in [0, 0.05) is 6.42 Å². The van der Waals surface area contributed by atoms with E-state index in [1.807, 2.05) is 0 Å². The van der Waals surface area contributed by atoms with Gasteiger partial charge in [0.1, 0.15) is 0 Å². The molecule has 0 bridgehead atoms. The molecule has 0 spiro atoms. The van der Waals surface area contributed by atoms with Gasteiger partial charge < -0.3 is 4.74 Å². The summed E-state index contributed by atoms with van der Waals surface area (Å²) in [5, 5.41) is 0. The van der Waals surface area contributed by atoms with Gasteiger partial charge in [-0.25, -0.2) is 0 Å². The number of rotatable bonds is 6. The van der Waals surface area contributed by atoms with Crippen LogP contribution >= 0.6 is 0 Å². The second-order valence-corrected chi connectivity index (χ2v) is 7.09. The van der Waals surface area contributed by atoms with Gasteiger partial charge in [0.25, 0.3) is 0 Å². The number of hydrogen-bond donors (Lipinski definition) is 0. The molecule has 0 aromatic rings. The highest BCUT2D eigenvalue weighted by atomic mass is 16.5. The van der Waals surface area contributed by atoms with Crippen molar-refractivity contribution in [2.45, 2.75) is 84.0 Å². The van der Waals surface area contributed by atoms with Crippen LogP contribution < -0.4 is 0 Å². The zero-order valence-electron chi connectivity index (χ0n) is 13.2. The Hall–Kier alpha value is -0.530. The van der Waals surface area contributed by atoms with Gasteiger partial charge in [-0.2, -0.15) is 0 Å². The standard InChI is InChI=1S/C18H32O2/c1-15(17-10-6-3-7-11-17)14-18(19)20-13-12-16-8-4-2-5-9-16/h15-17H,2-14H2,1H3. The minimum Gasteiger partial charge on any atom is -0.466 e. The summed E-state index contributed by atoms with van der Waals surface area (Å²) in [4.78, 5) is 11.9. The summed E-state index contributed by atoms with van der Waals surface area (Å²) in [6.07, 6.45) is 15.3. The van der Waals surface area contributed by atoms with Gasteiger partial charge in [-0.1, -0.05) is 71.1 Å². The van der Waals surface area contributed by atoms with Crippen LogP contribution in [0.4, 0.5) is 0 Å². The van der Waals surface area contributed by atoms with E-state index in [1.165, 1.54) is 64.2 Å². The van der Waals surface area contributed by atoms with Crippen LogP contribution in [0, 0.1) is 17.8 Å². The van der Waals surface area contributed by atoms with E-state index in [1.54, 1.807) is 0 Å². The summed E-state index contributed by atoms with van der Waals surface area (Å²) in [7, 11) is 0. The Labute approximate surface area is 124 Å². The van der Waals surface area contributed by atoms with Crippen LogP contribution in [0.25, 0.3) is 0 Å². The first-order valence-electron chi connectivity index (χ1n) is 8.91. The van der Waals surface area contributed by atoms with E-state index in [4.69, 9.17) is 4.74 Å². The molecule has 1 unspecified atom stereocenters. The molecule has 0 radical (unpaired) electrons. The third kappa shape index (κ3) is 5.46. The van der Waals surface area contributed by atoms with Gasteiger partial charge in [-0.3, -0.25) is 4.79 Å². The lowest BCUT2D eigenvalue weighted by Crippen LogP contribution is -2.20. The first-order valence-corrected chi connectivity index (χ1v) is 8.91. The average molecular weight is 280 g/mol. The quantitative estimate of drug-likeness (QED) is 0.632. The van der Waals surface area contributed by atoms with Crippen molar-refractivity contribution in [2.75, 3.05) is 6.61 Å². The van der Waals surface area contributed by atoms with Gasteiger partial charge in [0.2, 0.25) is 0 Å². The molecule has 0 aromatic carbocycles. The molecule has 0 aliphatic heterocycles. The van der Waals surface area contributed by atoms with E-state index in [0.29, 0.717) is 18.9 Å². The number of carbonyl (C=O) groups excluding carboxylic acids is 1. The number of ether oxygens (including phenoxy) is 1. The minimum absolute atomic E-state index is 0.0406. The fourth-order valence-electron chi connectivity index (χ4n) is 4.01. The molecule has 116 valence electrons. The summed E-state index contributed by atoms with van der Waals surface area (Å²) in [6.45, 7) is 2.89. The lowest BCUT2D eigenvalue weighted by Gasteiger charge is -2.27. The van der Waals surface area contributed by atoms with Crippen molar-refractivity contribution in [1.29, 1.82) is 0 Å². The van der Waals surface area contributed by atoms with Gasteiger partial charge in [-0.15, -0.1) is 0 Å². The Kier molecular flexibility index (Phi) is 6.89. The summed E-state index contributed by atoms with van der Waals surface area (Å²) < 4.78 is 5.47. The largest absolute Gasteiger partial charge is 0.466 e. The monoisotopic (exact) mass is 280 g/mol. The first kappa shape index (κ1) is 15.9. The molecule has 2 nitrogen and oxygen atoms in total. The number of esters is 1. The predicted octanol–water partition coefficient (Wildman–Crippen LogP) is 5.11. The molecule has 2 aliphatic rings. The highest BCUT2D eigenvalue weighted by molar-refractivity contribution is 5.69. The Morgan fingerprint density at radius 2 is 1.60 bits per heavy atom. The van der Waals surface area contributed by atoms with E-state index >= 15 is 0 Å². The van der Waals surface area contributed by atoms with Crippen LogP contribution in [-0.2, 0) is 9.53 Å². The molecule has 0 saturated heterocycles. The molecule has 0 aromatic heterocycles. The second-order valence-electron chi connectivity index (χ2n) is 7.09.